The van der Waals surface area contributed by atoms with E-state index in [2.05, 4.69) is 10.6 Å². The summed E-state index contributed by atoms with van der Waals surface area (Å²) in [6.07, 6.45) is 0. The Morgan fingerprint density at radius 2 is 1.92 bits per heavy atom. The molecular formula is C18H23FN4O2. The van der Waals surface area contributed by atoms with Gasteiger partial charge in [-0.3, -0.25) is 4.79 Å². The van der Waals surface area contributed by atoms with Gasteiger partial charge >= 0.3 is 6.03 Å². The number of nitrogens with one attached hydrogen (secondary N) is 2. The van der Waals surface area contributed by atoms with Crippen molar-refractivity contribution < 1.29 is 9.18 Å². The smallest absolute Gasteiger partial charge is 0.319 e. The molecule has 2 rings (SSSR count). The summed E-state index contributed by atoms with van der Waals surface area (Å²) in [6, 6.07) is 6.78. The number of benzene rings is 1. The lowest BCUT2D eigenvalue weighted by Crippen LogP contribution is -2.34. The minimum Gasteiger partial charge on any atom is -0.377 e. The molecule has 2 N–H and O–H groups in total. The molecule has 0 bridgehead atoms. The monoisotopic (exact) mass is 346 g/mol. The van der Waals surface area contributed by atoms with Crippen molar-refractivity contribution in [3.63, 3.8) is 0 Å². The number of urea groups is 1. The number of aromatic nitrogens is 1. The Bertz CT molecular complexity index is 845. The number of pyridine rings is 1. The van der Waals surface area contributed by atoms with Crippen molar-refractivity contribution in [3.05, 3.63) is 57.8 Å². The van der Waals surface area contributed by atoms with Gasteiger partial charge in [0.1, 0.15) is 11.5 Å². The molecule has 0 radical (unpaired) electrons. The van der Waals surface area contributed by atoms with Crippen LogP contribution in [0, 0.1) is 12.7 Å². The molecule has 25 heavy (non-hydrogen) atoms. The van der Waals surface area contributed by atoms with Crippen molar-refractivity contribution in [2.24, 2.45) is 7.05 Å². The van der Waals surface area contributed by atoms with E-state index in [1.807, 2.05) is 19.0 Å². The molecule has 6 nitrogen and oxygen atoms in total. The number of hydrogen-bond donors (Lipinski definition) is 2. The summed E-state index contributed by atoms with van der Waals surface area (Å²) < 4.78 is 15.1. The number of amides is 2. The van der Waals surface area contributed by atoms with Crippen LogP contribution in [0.4, 0.5) is 20.6 Å². The van der Waals surface area contributed by atoms with Gasteiger partial charge in [0, 0.05) is 38.1 Å². The molecule has 134 valence electrons. The van der Waals surface area contributed by atoms with Gasteiger partial charge in [0.2, 0.25) is 0 Å². The van der Waals surface area contributed by atoms with E-state index in [1.165, 1.54) is 16.7 Å². The molecule has 0 saturated carbocycles. The third-order valence-electron chi connectivity index (χ3n) is 4.09. The number of carbonyl (C=O) groups excluding carboxylic acids is 1. The van der Waals surface area contributed by atoms with Crippen LogP contribution in [0.1, 0.15) is 24.2 Å². The summed E-state index contributed by atoms with van der Waals surface area (Å²) in [5.74, 6) is -0.373. The summed E-state index contributed by atoms with van der Waals surface area (Å²) in [4.78, 5) is 26.2. The molecule has 1 aromatic heterocycles. The van der Waals surface area contributed by atoms with Crippen LogP contribution in [-0.4, -0.2) is 24.7 Å². The van der Waals surface area contributed by atoms with Gasteiger partial charge in [-0.15, -0.1) is 0 Å². The Balaban J connectivity index is 2.18. The lowest BCUT2D eigenvalue weighted by Gasteiger charge is -2.22. The maximum absolute atomic E-state index is 13.6. The lowest BCUT2D eigenvalue weighted by atomic mass is 10.1. The highest BCUT2D eigenvalue weighted by Gasteiger charge is 2.16. The first-order valence-electron chi connectivity index (χ1n) is 7.91. The van der Waals surface area contributed by atoms with Crippen molar-refractivity contribution in [1.29, 1.82) is 0 Å². The summed E-state index contributed by atoms with van der Waals surface area (Å²) in [7, 11) is 5.33. The minimum atomic E-state index is -0.526. The molecule has 0 saturated heterocycles. The maximum Gasteiger partial charge on any atom is 0.319 e. The van der Waals surface area contributed by atoms with Crippen LogP contribution < -0.4 is 21.1 Å². The highest BCUT2D eigenvalue weighted by atomic mass is 19.1. The predicted molar refractivity (Wildman–Crippen MR) is 97.7 cm³/mol. The molecule has 0 spiro atoms. The van der Waals surface area contributed by atoms with E-state index in [1.54, 1.807) is 39.1 Å². The van der Waals surface area contributed by atoms with Crippen molar-refractivity contribution in [1.82, 2.24) is 9.88 Å². The second-order valence-corrected chi connectivity index (χ2v) is 6.17. The van der Waals surface area contributed by atoms with Gasteiger partial charge < -0.3 is 20.1 Å². The van der Waals surface area contributed by atoms with Crippen LogP contribution in [0.2, 0.25) is 0 Å². The van der Waals surface area contributed by atoms with E-state index in [-0.39, 0.29) is 17.1 Å². The SMILES string of the molecule is Cc1ccc(NC(=O)NC(C)c2cc(F)ccc2N(C)C)c(=O)n1C. The maximum atomic E-state index is 13.6. The summed E-state index contributed by atoms with van der Waals surface area (Å²) in [5, 5.41) is 5.29. The lowest BCUT2D eigenvalue weighted by molar-refractivity contribution is 0.249. The quantitative estimate of drug-likeness (QED) is 0.895. The van der Waals surface area contributed by atoms with Crippen LogP contribution in [0.15, 0.2) is 35.1 Å². The second kappa shape index (κ2) is 7.38. The van der Waals surface area contributed by atoms with E-state index in [0.717, 1.165) is 11.4 Å². The van der Waals surface area contributed by atoms with Gasteiger partial charge in [-0.2, -0.15) is 0 Å². The number of anilines is 2. The first-order chi connectivity index (χ1) is 11.7. The largest absolute Gasteiger partial charge is 0.377 e. The standard InChI is InChI=1S/C18H23FN4O2/c1-11-6-8-15(17(24)23(11)5)21-18(25)20-12(2)14-10-13(19)7-9-16(14)22(3)4/h6-10,12H,1-5H3,(H2,20,21,25). The van der Waals surface area contributed by atoms with Crippen molar-refractivity contribution in [3.8, 4) is 0 Å². The first kappa shape index (κ1) is 18.5. The van der Waals surface area contributed by atoms with Gasteiger partial charge in [0.05, 0.1) is 6.04 Å². The topological polar surface area (TPSA) is 66.4 Å². The van der Waals surface area contributed by atoms with Crippen LogP contribution >= 0.6 is 0 Å². The molecule has 1 heterocycles. The van der Waals surface area contributed by atoms with Gasteiger partial charge in [-0.1, -0.05) is 0 Å². The molecule has 1 atom stereocenters. The molecule has 0 fully saturated rings. The zero-order valence-electron chi connectivity index (χ0n) is 15.1. The number of nitrogens with zero attached hydrogens (tertiary/aromatic N) is 2. The predicted octanol–water partition coefficient (Wildman–Crippen LogP) is 2.78. The Morgan fingerprint density at radius 3 is 2.56 bits per heavy atom. The first-order valence-corrected chi connectivity index (χ1v) is 7.91. The number of carbonyl (C=O) groups is 1. The molecule has 0 aliphatic rings. The molecule has 1 aromatic carbocycles. The Hall–Kier alpha value is -2.83. The van der Waals surface area contributed by atoms with Crippen LogP contribution in [0.5, 0.6) is 0 Å². The molecule has 0 aliphatic carbocycles. The molecular weight excluding hydrogens is 323 g/mol. The molecule has 0 aliphatic heterocycles. The number of rotatable bonds is 4. The van der Waals surface area contributed by atoms with Crippen LogP contribution in [-0.2, 0) is 7.05 Å². The van der Waals surface area contributed by atoms with Gasteiger partial charge in [0.15, 0.2) is 0 Å². The molecule has 1 unspecified atom stereocenters. The Kier molecular flexibility index (Phi) is 5.46. The van der Waals surface area contributed by atoms with Crippen molar-refractivity contribution in [2.45, 2.75) is 19.9 Å². The fourth-order valence-electron chi connectivity index (χ4n) is 2.54. The average Bonchev–Trinajstić information content (AvgIpc) is 2.55. The van der Waals surface area contributed by atoms with E-state index in [4.69, 9.17) is 0 Å². The minimum absolute atomic E-state index is 0.185. The third kappa shape index (κ3) is 4.17. The van der Waals surface area contributed by atoms with Gasteiger partial charge in [0.25, 0.3) is 5.56 Å². The Morgan fingerprint density at radius 1 is 1.24 bits per heavy atom. The van der Waals surface area contributed by atoms with Crippen LogP contribution in [0.25, 0.3) is 0 Å². The van der Waals surface area contributed by atoms with E-state index in [9.17, 15) is 14.0 Å². The fraction of sp³-hybridized carbons (Fsp3) is 0.333. The molecule has 2 amide bonds. The van der Waals surface area contributed by atoms with Crippen molar-refractivity contribution >= 4 is 17.4 Å². The van der Waals surface area contributed by atoms with Gasteiger partial charge in [-0.05, 0) is 44.2 Å². The van der Waals surface area contributed by atoms with Crippen molar-refractivity contribution in [2.75, 3.05) is 24.3 Å². The van der Waals surface area contributed by atoms with E-state index in [0.29, 0.717) is 5.56 Å². The van der Waals surface area contributed by atoms with E-state index >= 15 is 0 Å². The highest BCUT2D eigenvalue weighted by Crippen LogP contribution is 2.26. The second-order valence-electron chi connectivity index (χ2n) is 6.17. The summed E-state index contributed by atoms with van der Waals surface area (Å²) in [5.41, 5.74) is 2.14. The highest BCUT2D eigenvalue weighted by molar-refractivity contribution is 5.89. The average molecular weight is 346 g/mol. The molecule has 2 aromatic rings. The zero-order chi connectivity index (χ0) is 18.7. The fourth-order valence-corrected chi connectivity index (χ4v) is 2.54. The molecule has 7 heteroatoms. The van der Waals surface area contributed by atoms with Gasteiger partial charge in [-0.25, -0.2) is 9.18 Å². The Labute approximate surface area is 146 Å². The van der Waals surface area contributed by atoms with E-state index < -0.39 is 12.1 Å². The summed E-state index contributed by atoms with van der Waals surface area (Å²) in [6.45, 7) is 3.56. The summed E-state index contributed by atoms with van der Waals surface area (Å²) >= 11 is 0. The van der Waals surface area contributed by atoms with Crippen LogP contribution in [0.3, 0.4) is 0 Å². The number of aryl methyl sites for hydroxylation is 1. The zero-order valence-corrected chi connectivity index (χ0v) is 15.1. The number of hydrogen-bond acceptors (Lipinski definition) is 3. The normalized spacial score (nSPS) is 11.8. The third-order valence-corrected chi connectivity index (χ3v) is 4.09. The number of halogens is 1.